The molecule has 1 aliphatic rings. The van der Waals surface area contributed by atoms with Crippen molar-refractivity contribution in [3.05, 3.63) is 18.2 Å². The molecule has 2 N–H and O–H groups in total. The number of nitrogens with two attached hydrogens (primary N) is 1. The second-order valence-corrected chi connectivity index (χ2v) is 4.61. The van der Waals surface area contributed by atoms with E-state index >= 15 is 0 Å². The molecule has 0 aromatic carbocycles. The summed E-state index contributed by atoms with van der Waals surface area (Å²) in [6, 6.07) is 1.03. The third-order valence-electron chi connectivity index (χ3n) is 3.79. The Hall–Kier alpha value is -0.870. The third kappa shape index (κ3) is 1.99. The number of aryl methyl sites for hydroxylation is 1. The van der Waals surface area contributed by atoms with Crippen molar-refractivity contribution in [2.24, 2.45) is 5.73 Å². The molecule has 16 heavy (non-hydrogen) atoms. The molecule has 90 valence electrons. The molecule has 2 rings (SSSR count). The summed E-state index contributed by atoms with van der Waals surface area (Å²) in [6.45, 7) is 3.77. The van der Waals surface area contributed by atoms with Crippen LogP contribution in [0.5, 0.6) is 0 Å². The minimum Gasteiger partial charge on any atom is -0.333 e. The normalized spacial score (nSPS) is 18.8. The van der Waals surface area contributed by atoms with Gasteiger partial charge in [-0.15, -0.1) is 0 Å². The van der Waals surface area contributed by atoms with E-state index in [1.54, 1.807) is 0 Å². The fourth-order valence-electron chi connectivity index (χ4n) is 2.42. The van der Waals surface area contributed by atoms with Gasteiger partial charge in [0, 0.05) is 25.3 Å². The second kappa shape index (κ2) is 4.97. The molecule has 4 heteroatoms. The predicted molar refractivity (Wildman–Crippen MR) is 65.1 cm³/mol. The Balaban J connectivity index is 2.14. The molecule has 0 amide bonds. The summed E-state index contributed by atoms with van der Waals surface area (Å²) in [4.78, 5) is 6.65. The van der Waals surface area contributed by atoms with Crippen molar-refractivity contribution in [2.75, 3.05) is 13.6 Å². The van der Waals surface area contributed by atoms with Gasteiger partial charge in [0.1, 0.15) is 0 Å². The summed E-state index contributed by atoms with van der Waals surface area (Å²) in [6.07, 6.45) is 7.84. The van der Waals surface area contributed by atoms with Crippen molar-refractivity contribution in [3.8, 4) is 0 Å². The Labute approximate surface area is 97.4 Å². The molecule has 0 saturated heterocycles. The van der Waals surface area contributed by atoms with E-state index in [-0.39, 0.29) is 0 Å². The van der Waals surface area contributed by atoms with E-state index in [1.165, 1.54) is 25.0 Å². The van der Waals surface area contributed by atoms with Crippen LogP contribution in [0.3, 0.4) is 0 Å². The van der Waals surface area contributed by atoms with Crippen molar-refractivity contribution < 1.29 is 0 Å². The highest BCUT2D eigenvalue weighted by atomic mass is 15.2. The maximum Gasteiger partial charge on any atom is 0.0948 e. The third-order valence-corrected chi connectivity index (χ3v) is 3.79. The summed E-state index contributed by atoms with van der Waals surface area (Å²) in [5.74, 6) is 0. The Bertz CT molecular complexity index is 330. The SMILES string of the molecule is CCn1cncc1C(CN)N(C)C1CCC1. The zero-order valence-electron chi connectivity index (χ0n) is 10.3. The molecule has 1 aliphatic carbocycles. The molecule has 0 bridgehead atoms. The fourth-order valence-corrected chi connectivity index (χ4v) is 2.42. The summed E-state index contributed by atoms with van der Waals surface area (Å²) < 4.78 is 2.19. The Morgan fingerprint density at radius 1 is 1.62 bits per heavy atom. The monoisotopic (exact) mass is 222 g/mol. The molecule has 4 nitrogen and oxygen atoms in total. The van der Waals surface area contributed by atoms with Gasteiger partial charge in [-0.05, 0) is 26.8 Å². The number of hydrogen-bond donors (Lipinski definition) is 1. The van der Waals surface area contributed by atoms with Gasteiger partial charge in [0.25, 0.3) is 0 Å². The Morgan fingerprint density at radius 3 is 2.88 bits per heavy atom. The maximum atomic E-state index is 5.92. The minimum absolute atomic E-state index is 0.313. The first-order valence-electron chi connectivity index (χ1n) is 6.20. The quantitative estimate of drug-likeness (QED) is 0.819. The predicted octanol–water partition coefficient (Wildman–Crippen LogP) is 1.39. The van der Waals surface area contributed by atoms with Crippen molar-refractivity contribution >= 4 is 0 Å². The van der Waals surface area contributed by atoms with Gasteiger partial charge in [-0.2, -0.15) is 0 Å². The molecule has 1 heterocycles. The fraction of sp³-hybridized carbons (Fsp3) is 0.750. The molecule has 1 fully saturated rings. The molecular weight excluding hydrogens is 200 g/mol. The van der Waals surface area contributed by atoms with E-state index in [1.807, 2.05) is 12.5 Å². The number of hydrogen-bond acceptors (Lipinski definition) is 3. The molecular formula is C12H22N4. The topological polar surface area (TPSA) is 47.1 Å². The number of aromatic nitrogens is 2. The lowest BCUT2D eigenvalue weighted by molar-refractivity contribution is 0.109. The lowest BCUT2D eigenvalue weighted by atomic mass is 9.90. The smallest absolute Gasteiger partial charge is 0.0948 e. The van der Waals surface area contributed by atoms with Crippen LogP contribution >= 0.6 is 0 Å². The largest absolute Gasteiger partial charge is 0.333 e. The highest BCUT2D eigenvalue weighted by Gasteiger charge is 2.29. The van der Waals surface area contributed by atoms with E-state index in [2.05, 4.69) is 28.4 Å². The molecule has 1 unspecified atom stereocenters. The number of likely N-dealkylation sites (N-methyl/N-ethyl adjacent to an activating group) is 1. The van der Waals surface area contributed by atoms with Gasteiger partial charge in [-0.25, -0.2) is 4.98 Å². The Morgan fingerprint density at radius 2 is 2.38 bits per heavy atom. The van der Waals surface area contributed by atoms with Gasteiger partial charge >= 0.3 is 0 Å². The van der Waals surface area contributed by atoms with Crippen LogP contribution in [0.25, 0.3) is 0 Å². The standard InChI is InChI=1S/C12H22N4/c1-3-16-9-14-8-12(16)11(7-13)15(2)10-5-4-6-10/h8-11H,3-7,13H2,1-2H3. The van der Waals surface area contributed by atoms with Crippen molar-refractivity contribution in [2.45, 2.75) is 44.8 Å². The van der Waals surface area contributed by atoms with Gasteiger partial charge < -0.3 is 10.3 Å². The van der Waals surface area contributed by atoms with Gasteiger partial charge in [0.2, 0.25) is 0 Å². The van der Waals surface area contributed by atoms with Gasteiger partial charge in [-0.1, -0.05) is 6.42 Å². The van der Waals surface area contributed by atoms with Crippen LogP contribution < -0.4 is 5.73 Å². The van der Waals surface area contributed by atoms with Crippen molar-refractivity contribution in [1.82, 2.24) is 14.5 Å². The van der Waals surface area contributed by atoms with Crippen LogP contribution in [0.1, 0.15) is 37.9 Å². The number of nitrogens with zero attached hydrogens (tertiary/aromatic N) is 3. The van der Waals surface area contributed by atoms with Crippen LogP contribution in [0.15, 0.2) is 12.5 Å². The first-order valence-corrected chi connectivity index (χ1v) is 6.20. The summed E-state index contributed by atoms with van der Waals surface area (Å²) >= 11 is 0. The zero-order valence-corrected chi connectivity index (χ0v) is 10.3. The van der Waals surface area contributed by atoms with Crippen molar-refractivity contribution in [3.63, 3.8) is 0 Å². The maximum absolute atomic E-state index is 5.92. The van der Waals surface area contributed by atoms with E-state index < -0.39 is 0 Å². The van der Waals surface area contributed by atoms with Gasteiger partial charge in [0.15, 0.2) is 0 Å². The average Bonchev–Trinajstić information content (AvgIpc) is 2.64. The number of imidazole rings is 1. The van der Waals surface area contributed by atoms with Crippen LogP contribution in [-0.2, 0) is 6.54 Å². The molecule has 1 saturated carbocycles. The highest BCUT2D eigenvalue weighted by molar-refractivity contribution is 5.07. The van der Waals surface area contributed by atoms with Crippen LogP contribution in [-0.4, -0.2) is 34.1 Å². The molecule has 1 atom stereocenters. The van der Waals surface area contributed by atoms with Crippen molar-refractivity contribution in [1.29, 1.82) is 0 Å². The van der Waals surface area contributed by atoms with Crippen LogP contribution in [0.4, 0.5) is 0 Å². The van der Waals surface area contributed by atoms with Gasteiger partial charge in [-0.3, -0.25) is 4.90 Å². The first-order chi connectivity index (χ1) is 7.77. The van der Waals surface area contributed by atoms with Crippen LogP contribution in [0, 0.1) is 0 Å². The number of rotatable bonds is 5. The van der Waals surface area contributed by atoms with E-state index in [0.717, 1.165) is 6.54 Å². The lowest BCUT2D eigenvalue weighted by Gasteiger charge is -2.39. The molecule has 0 spiro atoms. The van der Waals surface area contributed by atoms with Gasteiger partial charge in [0.05, 0.1) is 18.1 Å². The molecule has 0 radical (unpaired) electrons. The van der Waals surface area contributed by atoms with Crippen LogP contribution in [0.2, 0.25) is 0 Å². The summed E-state index contributed by atoms with van der Waals surface area (Å²) in [5.41, 5.74) is 7.17. The summed E-state index contributed by atoms with van der Waals surface area (Å²) in [7, 11) is 2.19. The molecule has 0 aliphatic heterocycles. The molecule has 1 aromatic heterocycles. The zero-order chi connectivity index (χ0) is 11.5. The van der Waals surface area contributed by atoms with E-state index in [9.17, 15) is 0 Å². The lowest BCUT2D eigenvalue weighted by Crippen LogP contribution is -2.42. The average molecular weight is 222 g/mol. The Kier molecular flexibility index (Phi) is 3.61. The second-order valence-electron chi connectivity index (χ2n) is 4.61. The first kappa shape index (κ1) is 11.6. The van der Waals surface area contributed by atoms with E-state index in [0.29, 0.717) is 18.6 Å². The molecule has 1 aromatic rings. The minimum atomic E-state index is 0.313. The van der Waals surface area contributed by atoms with E-state index in [4.69, 9.17) is 5.73 Å². The summed E-state index contributed by atoms with van der Waals surface area (Å²) in [5, 5.41) is 0. The highest BCUT2D eigenvalue weighted by Crippen LogP contribution is 2.30.